The number of piperidine rings is 2. The Morgan fingerprint density at radius 1 is 1.29 bits per heavy atom. The van der Waals surface area contributed by atoms with Gasteiger partial charge in [0.1, 0.15) is 0 Å². The molecule has 3 aliphatic heterocycles. The topological polar surface area (TPSA) is 44.4 Å². The highest BCUT2D eigenvalue weighted by molar-refractivity contribution is 5.77. The number of likely N-dealkylation sites (tertiary alicyclic amines) is 1. The molecule has 1 amide bonds. The third-order valence-electron chi connectivity index (χ3n) is 4.59. The molecular weight excluding hydrogens is 214 g/mol. The summed E-state index contributed by atoms with van der Waals surface area (Å²) in [4.78, 5) is 14.0. The highest BCUT2D eigenvalue weighted by atomic mass is 16.1. The summed E-state index contributed by atoms with van der Waals surface area (Å²) in [5, 5.41) is 6.59. The van der Waals surface area contributed by atoms with Crippen molar-refractivity contribution in [3.63, 3.8) is 0 Å². The third kappa shape index (κ3) is 2.63. The summed E-state index contributed by atoms with van der Waals surface area (Å²) in [6.45, 7) is 6.01. The van der Waals surface area contributed by atoms with Crippen molar-refractivity contribution in [1.82, 2.24) is 15.5 Å². The molecular formula is C13H23N3O. The van der Waals surface area contributed by atoms with Crippen LogP contribution in [0.15, 0.2) is 0 Å². The third-order valence-corrected chi connectivity index (χ3v) is 4.59. The van der Waals surface area contributed by atoms with Gasteiger partial charge in [-0.1, -0.05) is 0 Å². The minimum absolute atomic E-state index is 0.264. The van der Waals surface area contributed by atoms with Gasteiger partial charge in [0, 0.05) is 32.1 Å². The van der Waals surface area contributed by atoms with Crippen LogP contribution in [0.5, 0.6) is 0 Å². The van der Waals surface area contributed by atoms with E-state index in [-0.39, 0.29) is 5.91 Å². The number of carbonyl (C=O) groups is 1. The van der Waals surface area contributed by atoms with Crippen LogP contribution in [0.25, 0.3) is 0 Å². The average Bonchev–Trinajstić information content (AvgIpc) is 2.82. The van der Waals surface area contributed by atoms with Gasteiger partial charge in [-0.2, -0.15) is 0 Å². The van der Waals surface area contributed by atoms with Crippen molar-refractivity contribution in [3.8, 4) is 0 Å². The van der Waals surface area contributed by atoms with Crippen LogP contribution in [-0.2, 0) is 4.79 Å². The standard InChI is InChI=1S/C13H23N3O/c17-13-2-1-11-9-16(6-4-12(11)15-13)8-10-3-5-14-7-10/h10-12,14H,1-9H2,(H,15,17). The van der Waals surface area contributed by atoms with Crippen molar-refractivity contribution < 1.29 is 4.79 Å². The molecule has 0 radical (unpaired) electrons. The Hall–Kier alpha value is -0.610. The molecule has 96 valence electrons. The zero-order chi connectivity index (χ0) is 11.7. The van der Waals surface area contributed by atoms with E-state index >= 15 is 0 Å². The molecule has 3 rings (SSSR count). The first-order chi connectivity index (χ1) is 8.31. The van der Waals surface area contributed by atoms with Crippen LogP contribution in [0.3, 0.4) is 0 Å². The summed E-state index contributed by atoms with van der Waals surface area (Å²) < 4.78 is 0. The zero-order valence-corrected chi connectivity index (χ0v) is 10.5. The molecule has 4 nitrogen and oxygen atoms in total. The first-order valence-corrected chi connectivity index (χ1v) is 7.03. The highest BCUT2D eigenvalue weighted by Gasteiger charge is 2.34. The minimum atomic E-state index is 0.264. The van der Waals surface area contributed by atoms with E-state index in [1.807, 2.05) is 0 Å². The van der Waals surface area contributed by atoms with Gasteiger partial charge in [-0.25, -0.2) is 0 Å². The second-order valence-corrected chi connectivity index (χ2v) is 5.88. The lowest BCUT2D eigenvalue weighted by molar-refractivity contribution is -0.125. The summed E-state index contributed by atoms with van der Waals surface area (Å²) in [5.74, 6) is 1.82. The van der Waals surface area contributed by atoms with Gasteiger partial charge in [0.15, 0.2) is 0 Å². The van der Waals surface area contributed by atoms with Gasteiger partial charge in [0.25, 0.3) is 0 Å². The predicted molar refractivity (Wildman–Crippen MR) is 66.7 cm³/mol. The van der Waals surface area contributed by atoms with Crippen molar-refractivity contribution >= 4 is 5.91 Å². The molecule has 3 atom stereocenters. The van der Waals surface area contributed by atoms with Gasteiger partial charge in [0.05, 0.1) is 0 Å². The van der Waals surface area contributed by atoms with E-state index in [1.54, 1.807) is 0 Å². The molecule has 4 heteroatoms. The SMILES string of the molecule is O=C1CCC2CN(CC3CCNC3)CCC2N1. The molecule has 0 spiro atoms. The molecule has 2 N–H and O–H groups in total. The van der Waals surface area contributed by atoms with E-state index in [9.17, 15) is 4.79 Å². The maximum Gasteiger partial charge on any atom is 0.220 e. The molecule has 0 saturated carbocycles. The normalized spacial score (nSPS) is 38.8. The lowest BCUT2D eigenvalue weighted by Gasteiger charge is -2.42. The van der Waals surface area contributed by atoms with Gasteiger partial charge >= 0.3 is 0 Å². The van der Waals surface area contributed by atoms with Gasteiger partial charge in [-0.15, -0.1) is 0 Å². The molecule has 0 aromatic rings. The Kier molecular flexibility index (Phi) is 3.34. The predicted octanol–water partition coefficient (Wildman–Crippen LogP) is 0.196. The number of hydrogen-bond donors (Lipinski definition) is 2. The van der Waals surface area contributed by atoms with Crippen molar-refractivity contribution in [3.05, 3.63) is 0 Å². The lowest BCUT2D eigenvalue weighted by Crippen LogP contribution is -2.54. The number of rotatable bonds is 2. The van der Waals surface area contributed by atoms with Crippen LogP contribution in [0.2, 0.25) is 0 Å². The highest BCUT2D eigenvalue weighted by Crippen LogP contribution is 2.26. The number of hydrogen-bond acceptors (Lipinski definition) is 3. The first-order valence-electron chi connectivity index (χ1n) is 7.03. The van der Waals surface area contributed by atoms with Crippen LogP contribution in [0.4, 0.5) is 0 Å². The maximum atomic E-state index is 11.3. The lowest BCUT2D eigenvalue weighted by atomic mass is 9.85. The Morgan fingerprint density at radius 3 is 3.06 bits per heavy atom. The maximum absolute atomic E-state index is 11.3. The smallest absolute Gasteiger partial charge is 0.220 e. The number of nitrogens with zero attached hydrogens (tertiary/aromatic N) is 1. The van der Waals surface area contributed by atoms with E-state index in [4.69, 9.17) is 0 Å². The van der Waals surface area contributed by atoms with Gasteiger partial charge in [0.2, 0.25) is 5.91 Å². The molecule has 3 saturated heterocycles. The van der Waals surface area contributed by atoms with Gasteiger partial charge in [-0.3, -0.25) is 4.79 Å². The van der Waals surface area contributed by atoms with Crippen molar-refractivity contribution in [2.24, 2.45) is 11.8 Å². The Labute approximate surface area is 103 Å². The number of nitrogens with one attached hydrogen (secondary N) is 2. The molecule has 17 heavy (non-hydrogen) atoms. The molecule has 0 bridgehead atoms. The molecule has 3 aliphatic rings. The quantitative estimate of drug-likeness (QED) is 0.721. The summed E-state index contributed by atoms with van der Waals surface area (Å²) in [5.41, 5.74) is 0. The fourth-order valence-corrected chi connectivity index (χ4v) is 3.59. The van der Waals surface area contributed by atoms with E-state index in [1.165, 1.54) is 32.6 Å². The summed E-state index contributed by atoms with van der Waals surface area (Å²) in [6, 6.07) is 0.467. The summed E-state index contributed by atoms with van der Waals surface area (Å²) >= 11 is 0. The monoisotopic (exact) mass is 237 g/mol. The van der Waals surface area contributed by atoms with Crippen molar-refractivity contribution in [2.75, 3.05) is 32.7 Å². The molecule has 0 aromatic carbocycles. The van der Waals surface area contributed by atoms with Crippen LogP contribution in [-0.4, -0.2) is 49.6 Å². The van der Waals surface area contributed by atoms with Crippen LogP contribution >= 0.6 is 0 Å². The van der Waals surface area contributed by atoms with Crippen LogP contribution in [0.1, 0.15) is 25.7 Å². The number of fused-ring (bicyclic) bond motifs is 1. The second kappa shape index (κ2) is 4.94. The Morgan fingerprint density at radius 2 is 2.24 bits per heavy atom. The molecule has 3 fully saturated rings. The van der Waals surface area contributed by atoms with Crippen molar-refractivity contribution in [2.45, 2.75) is 31.7 Å². The summed E-state index contributed by atoms with van der Waals surface area (Å²) in [6.07, 6.45) is 4.31. The Balaban J connectivity index is 1.51. The first kappa shape index (κ1) is 11.5. The fourth-order valence-electron chi connectivity index (χ4n) is 3.59. The van der Waals surface area contributed by atoms with Crippen LogP contribution < -0.4 is 10.6 Å². The molecule has 0 aromatic heterocycles. The molecule has 0 aliphatic carbocycles. The second-order valence-electron chi connectivity index (χ2n) is 5.88. The number of amides is 1. The van der Waals surface area contributed by atoms with E-state index < -0.39 is 0 Å². The van der Waals surface area contributed by atoms with Crippen LogP contribution in [0, 0.1) is 11.8 Å². The van der Waals surface area contributed by atoms with Gasteiger partial charge < -0.3 is 15.5 Å². The average molecular weight is 237 g/mol. The van der Waals surface area contributed by atoms with Crippen molar-refractivity contribution in [1.29, 1.82) is 0 Å². The van der Waals surface area contributed by atoms with E-state index in [0.29, 0.717) is 12.0 Å². The van der Waals surface area contributed by atoms with Gasteiger partial charge in [-0.05, 0) is 44.2 Å². The summed E-state index contributed by atoms with van der Waals surface area (Å²) in [7, 11) is 0. The number of carbonyl (C=O) groups excluding carboxylic acids is 1. The molecule has 3 heterocycles. The molecule has 3 unspecified atom stereocenters. The largest absolute Gasteiger partial charge is 0.353 e. The van der Waals surface area contributed by atoms with E-state index in [2.05, 4.69) is 15.5 Å². The fraction of sp³-hybridized carbons (Fsp3) is 0.923. The zero-order valence-electron chi connectivity index (χ0n) is 10.5. The Bertz CT molecular complexity index is 288. The minimum Gasteiger partial charge on any atom is -0.353 e. The van der Waals surface area contributed by atoms with E-state index in [0.717, 1.165) is 31.7 Å².